The van der Waals surface area contributed by atoms with Gasteiger partial charge in [0.05, 0.1) is 6.10 Å². The van der Waals surface area contributed by atoms with E-state index in [0.717, 1.165) is 32.1 Å². The molecule has 9 atom stereocenters. The van der Waals surface area contributed by atoms with Crippen LogP contribution in [0.2, 0.25) is 0 Å². The first-order valence-corrected chi connectivity index (χ1v) is 10.9. The lowest BCUT2D eigenvalue weighted by Crippen LogP contribution is -2.63. The minimum Gasteiger partial charge on any atom is -0.393 e. The summed E-state index contributed by atoms with van der Waals surface area (Å²) in [5.74, 6) is 3.17. The Kier molecular flexibility index (Phi) is 4.63. The molecule has 0 aromatic carbocycles. The monoisotopic (exact) mass is 359 g/mol. The highest BCUT2D eigenvalue weighted by Gasteiger charge is 2.62. The largest absolute Gasteiger partial charge is 0.393 e. The number of Topliss-reactive ketones (excluding diaryl/α,β-unsaturated/α-hetero) is 1. The lowest BCUT2D eigenvalue weighted by molar-refractivity contribution is -0.195. The maximum absolute atomic E-state index is 12.0. The molecule has 0 spiro atoms. The molecule has 4 fully saturated rings. The summed E-state index contributed by atoms with van der Waals surface area (Å²) in [6.45, 7) is 8.71. The normalized spacial score (nSPS) is 52.4. The number of carbonyl (C=O) groups excluding carboxylic acids is 1. The molecule has 0 saturated heterocycles. The molecule has 0 unspecified atom stereocenters. The van der Waals surface area contributed by atoms with Crippen LogP contribution in [0.3, 0.4) is 0 Å². The summed E-state index contributed by atoms with van der Waals surface area (Å²) in [6.07, 6.45) is 11.1. The Morgan fingerprint density at radius 3 is 2.73 bits per heavy atom. The minimum atomic E-state index is -0.279. The van der Waals surface area contributed by atoms with Crippen molar-refractivity contribution in [3.63, 3.8) is 0 Å². The summed E-state index contributed by atoms with van der Waals surface area (Å²) in [6, 6.07) is -0.0202. The van der Waals surface area contributed by atoms with Crippen LogP contribution in [0.4, 0.5) is 0 Å². The van der Waals surface area contributed by atoms with Crippen molar-refractivity contribution < 1.29 is 9.90 Å². The van der Waals surface area contributed by atoms with Gasteiger partial charge in [-0.2, -0.15) is 0 Å². The molecule has 0 aromatic rings. The summed E-state index contributed by atoms with van der Waals surface area (Å²) < 4.78 is 0. The van der Waals surface area contributed by atoms with Gasteiger partial charge in [-0.15, -0.1) is 6.58 Å². The van der Waals surface area contributed by atoms with Crippen LogP contribution in [0.25, 0.3) is 0 Å². The topological polar surface area (TPSA) is 63.3 Å². The Morgan fingerprint density at radius 1 is 1.23 bits per heavy atom. The molecule has 0 aromatic heterocycles. The van der Waals surface area contributed by atoms with E-state index in [1.165, 1.54) is 25.7 Å². The van der Waals surface area contributed by atoms with Gasteiger partial charge < -0.3 is 10.8 Å². The van der Waals surface area contributed by atoms with E-state index in [1.807, 2.05) is 6.08 Å². The van der Waals surface area contributed by atoms with Crippen LogP contribution in [0.5, 0.6) is 0 Å². The second-order valence-electron chi connectivity index (χ2n) is 10.4. The van der Waals surface area contributed by atoms with Crippen molar-refractivity contribution in [1.29, 1.82) is 0 Å². The third-order valence-electron chi connectivity index (χ3n) is 9.64. The van der Waals surface area contributed by atoms with Crippen molar-refractivity contribution in [2.45, 2.75) is 83.8 Å². The van der Waals surface area contributed by atoms with E-state index in [1.54, 1.807) is 0 Å². The standard InChI is InChI=1S/C23H37NO2/c1-4-20(24)18-7-5-6-17-16-9-8-14-12-15(25)10-11-22(14,2)19(16)13-21(26)23(17,18)3/h4,14,16-21,26H,1,5-13,24H2,2-3H3/t14-,16+,17+,18-,19+,20-,21+,22+,23+/m1/s1. The van der Waals surface area contributed by atoms with Crippen LogP contribution in [-0.2, 0) is 4.79 Å². The molecule has 0 aliphatic heterocycles. The SMILES string of the molecule is C=C[C@@H](N)[C@H]1CCC[C@H]2[C@@H]3CC[C@@H]4CC(=O)CC[C@]4(C)[C@H]3C[C@H](O)[C@]12C. The van der Waals surface area contributed by atoms with Gasteiger partial charge in [-0.05, 0) is 73.5 Å². The van der Waals surface area contributed by atoms with E-state index in [9.17, 15) is 9.90 Å². The zero-order valence-electron chi connectivity index (χ0n) is 16.6. The zero-order chi connectivity index (χ0) is 18.7. The highest BCUT2D eigenvalue weighted by molar-refractivity contribution is 5.79. The van der Waals surface area contributed by atoms with Crippen LogP contribution in [0, 0.1) is 40.4 Å². The van der Waals surface area contributed by atoms with E-state index in [2.05, 4.69) is 20.4 Å². The predicted molar refractivity (Wildman–Crippen MR) is 104 cm³/mol. The molecule has 0 heterocycles. The number of aliphatic hydroxyl groups is 1. The second kappa shape index (κ2) is 6.44. The first-order chi connectivity index (χ1) is 12.3. The Hall–Kier alpha value is -0.670. The molecule has 3 nitrogen and oxygen atoms in total. The molecule has 4 saturated carbocycles. The molecule has 146 valence electrons. The second-order valence-corrected chi connectivity index (χ2v) is 10.4. The molecule has 3 heteroatoms. The number of fused-ring (bicyclic) bond motifs is 5. The van der Waals surface area contributed by atoms with Gasteiger partial charge in [0.15, 0.2) is 0 Å². The average molecular weight is 360 g/mol. The highest BCUT2D eigenvalue weighted by atomic mass is 16.3. The third-order valence-corrected chi connectivity index (χ3v) is 9.64. The van der Waals surface area contributed by atoms with Gasteiger partial charge in [-0.25, -0.2) is 0 Å². The van der Waals surface area contributed by atoms with Crippen LogP contribution in [0.15, 0.2) is 12.7 Å². The van der Waals surface area contributed by atoms with E-state index < -0.39 is 0 Å². The van der Waals surface area contributed by atoms with Crippen molar-refractivity contribution in [3.8, 4) is 0 Å². The van der Waals surface area contributed by atoms with Crippen molar-refractivity contribution in [1.82, 2.24) is 0 Å². The lowest BCUT2D eigenvalue weighted by atomic mass is 9.40. The molecule has 4 rings (SSSR count). The van der Waals surface area contributed by atoms with Gasteiger partial charge in [0.1, 0.15) is 5.78 Å². The molecule has 4 aliphatic carbocycles. The van der Waals surface area contributed by atoms with E-state index in [4.69, 9.17) is 5.73 Å². The molecular weight excluding hydrogens is 322 g/mol. The van der Waals surface area contributed by atoms with Crippen molar-refractivity contribution in [2.75, 3.05) is 0 Å². The summed E-state index contributed by atoms with van der Waals surface area (Å²) in [7, 11) is 0. The fraction of sp³-hybridized carbons (Fsp3) is 0.870. The van der Waals surface area contributed by atoms with Gasteiger partial charge in [0, 0.05) is 24.3 Å². The van der Waals surface area contributed by atoms with Gasteiger partial charge in [-0.3, -0.25) is 4.79 Å². The summed E-state index contributed by atoms with van der Waals surface area (Å²) in [4.78, 5) is 12.0. The van der Waals surface area contributed by atoms with Crippen LogP contribution < -0.4 is 5.73 Å². The quantitative estimate of drug-likeness (QED) is 0.730. The molecule has 0 amide bonds. The molecular formula is C23H37NO2. The first-order valence-electron chi connectivity index (χ1n) is 10.9. The molecule has 0 bridgehead atoms. The Labute approximate surface area is 158 Å². The Morgan fingerprint density at radius 2 is 2.00 bits per heavy atom. The van der Waals surface area contributed by atoms with E-state index in [0.29, 0.717) is 35.4 Å². The van der Waals surface area contributed by atoms with Crippen molar-refractivity contribution in [3.05, 3.63) is 12.7 Å². The van der Waals surface area contributed by atoms with Gasteiger partial charge in [0.25, 0.3) is 0 Å². The van der Waals surface area contributed by atoms with E-state index in [-0.39, 0.29) is 23.0 Å². The molecule has 3 N–H and O–H groups in total. The van der Waals surface area contributed by atoms with Gasteiger partial charge >= 0.3 is 0 Å². The molecule has 26 heavy (non-hydrogen) atoms. The van der Waals surface area contributed by atoms with Gasteiger partial charge in [-0.1, -0.05) is 26.3 Å². The van der Waals surface area contributed by atoms with Gasteiger partial charge in [0.2, 0.25) is 0 Å². The zero-order valence-corrected chi connectivity index (χ0v) is 16.6. The third kappa shape index (κ3) is 2.49. The minimum absolute atomic E-state index is 0.0202. The van der Waals surface area contributed by atoms with Crippen LogP contribution in [-0.4, -0.2) is 23.0 Å². The summed E-state index contributed by atoms with van der Waals surface area (Å²) in [5, 5.41) is 11.4. The van der Waals surface area contributed by atoms with E-state index >= 15 is 0 Å². The smallest absolute Gasteiger partial charge is 0.133 e. The number of rotatable bonds is 2. The van der Waals surface area contributed by atoms with Crippen molar-refractivity contribution in [2.24, 2.45) is 46.2 Å². The maximum Gasteiger partial charge on any atom is 0.133 e. The molecule has 0 radical (unpaired) electrons. The maximum atomic E-state index is 12.0. The number of carbonyl (C=O) groups is 1. The Bertz CT molecular complexity index is 589. The highest BCUT2D eigenvalue weighted by Crippen LogP contribution is 2.66. The number of hydrogen-bond acceptors (Lipinski definition) is 3. The number of nitrogens with two attached hydrogens (primary N) is 1. The first kappa shape index (κ1) is 18.7. The summed E-state index contributed by atoms with van der Waals surface area (Å²) >= 11 is 0. The number of aliphatic hydroxyl groups excluding tert-OH is 1. The predicted octanol–water partition coefficient (Wildman–Crippen LogP) is 4.09. The Balaban J connectivity index is 1.67. The molecule has 4 aliphatic rings. The fourth-order valence-electron chi connectivity index (χ4n) is 8.04. The van der Waals surface area contributed by atoms with Crippen LogP contribution in [0.1, 0.15) is 71.6 Å². The average Bonchev–Trinajstić information content (AvgIpc) is 2.62. The lowest BCUT2D eigenvalue weighted by Gasteiger charge is -2.65. The number of hydrogen-bond donors (Lipinski definition) is 2. The van der Waals surface area contributed by atoms with Crippen LogP contribution >= 0.6 is 0 Å². The summed E-state index contributed by atoms with van der Waals surface area (Å²) in [5.41, 5.74) is 6.61. The fourth-order valence-corrected chi connectivity index (χ4v) is 8.04. The van der Waals surface area contributed by atoms with Crippen molar-refractivity contribution >= 4 is 5.78 Å². The number of ketones is 1.